The Kier molecular flexibility index (Phi) is 2.93. The first kappa shape index (κ1) is 10.3. The highest BCUT2D eigenvalue weighted by Gasteiger charge is 2.26. The molecular weight excluding hydrogens is 200 g/mol. The summed E-state index contributed by atoms with van der Waals surface area (Å²) in [5.74, 6) is 0.811. The molecule has 0 atom stereocenters. The van der Waals surface area contributed by atoms with Gasteiger partial charge in [-0.3, -0.25) is 4.90 Å². The molecule has 4 nitrogen and oxygen atoms in total. The van der Waals surface area contributed by atoms with Gasteiger partial charge in [0.1, 0.15) is 0 Å². The minimum atomic E-state index is 0.811. The van der Waals surface area contributed by atoms with Crippen molar-refractivity contribution in [1.82, 2.24) is 19.8 Å². The monoisotopic (exact) mass is 220 g/mol. The van der Waals surface area contributed by atoms with Gasteiger partial charge in [-0.1, -0.05) is 0 Å². The van der Waals surface area contributed by atoms with Gasteiger partial charge in [0.2, 0.25) is 0 Å². The second-order valence-corrected chi connectivity index (χ2v) is 4.88. The molecule has 2 aliphatic rings. The molecule has 1 aromatic heterocycles. The van der Waals surface area contributed by atoms with Gasteiger partial charge in [0, 0.05) is 57.1 Å². The van der Waals surface area contributed by atoms with Crippen LogP contribution in [0.15, 0.2) is 12.5 Å². The Morgan fingerprint density at radius 2 is 2.06 bits per heavy atom. The van der Waals surface area contributed by atoms with E-state index in [2.05, 4.69) is 26.0 Å². The van der Waals surface area contributed by atoms with E-state index in [9.17, 15) is 0 Å². The number of imidazole rings is 1. The van der Waals surface area contributed by atoms with Gasteiger partial charge < -0.3 is 9.88 Å². The van der Waals surface area contributed by atoms with Crippen molar-refractivity contribution in [2.24, 2.45) is 0 Å². The number of nitrogens with zero attached hydrogens (tertiary/aromatic N) is 3. The molecular formula is C12H20N4. The maximum atomic E-state index is 4.28. The Morgan fingerprint density at radius 3 is 2.81 bits per heavy atom. The van der Waals surface area contributed by atoms with Gasteiger partial charge in [0.15, 0.2) is 0 Å². The molecule has 1 saturated heterocycles. The predicted molar refractivity (Wildman–Crippen MR) is 63.5 cm³/mol. The quantitative estimate of drug-likeness (QED) is 0.809. The molecule has 0 radical (unpaired) electrons. The van der Waals surface area contributed by atoms with E-state index in [0.717, 1.165) is 32.1 Å². The third-order valence-electron chi connectivity index (χ3n) is 3.61. The lowest BCUT2D eigenvalue weighted by molar-refractivity contribution is 0.232. The van der Waals surface area contributed by atoms with Crippen LogP contribution in [0.2, 0.25) is 0 Å². The summed E-state index contributed by atoms with van der Waals surface area (Å²) in [4.78, 5) is 6.81. The highest BCUT2D eigenvalue weighted by Crippen LogP contribution is 2.39. The molecule has 1 saturated carbocycles. The van der Waals surface area contributed by atoms with Gasteiger partial charge in [0.25, 0.3) is 0 Å². The first-order valence-electron chi connectivity index (χ1n) is 6.36. The molecule has 88 valence electrons. The van der Waals surface area contributed by atoms with Gasteiger partial charge in [-0.25, -0.2) is 4.98 Å². The summed E-state index contributed by atoms with van der Waals surface area (Å²) in [6.45, 7) is 6.92. The number of hydrogen-bond donors (Lipinski definition) is 1. The molecule has 4 heteroatoms. The van der Waals surface area contributed by atoms with E-state index in [0.29, 0.717) is 0 Å². The summed E-state index contributed by atoms with van der Waals surface area (Å²) < 4.78 is 2.35. The molecule has 1 aliphatic carbocycles. The van der Waals surface area contributed by atoms with E-state index in [4.69, 9.17) is 0 Å². The molecule has 1 N–H and O–H groups in total. The SMILES string of the molecule is c1ncn(CCN2CCNCC2)c1C1CC1. The van der Waals surface area contributed by atoms with Crippen molar-refractivity contribution in [3.05, 3.63) is 18.2 Å². The van der Waals surface area contributed by atoms with E-state index < -0.39 is 0 Å². The molecule has 0 amide bonds. The average molecular weight is 220 g/mol. The Morgan fingerprint density at radius 1 is 1.25 bits per heavy atom. The van der Waals surface area contributed by atoms with Crippen molar-refractivity contribution in [3.8, 4) is 0 Å². The zero-order chi connectivity index (χ0) is 10.8. The second-order valence-electron chi connectivity index (χ2n) is 4.88. The third-order valence-corrected chi connectivity index (χ3v) is 3.61. The van der Waals surface area contributed by atoms with Gasteiger partial charge >= 0.3 is 0 Å². The van der Waals surface area contributed by atoms with Crippen molar-refractivity contribution in [2.45, 2.75) is 25.3 Å². The fourth-order valence-corrected chi connectivity index (χ4v) is 2.42. The van der Waals surface area contributed by atoms with E-state index >= 15 is 0 Å². The Labute approximate surface area is 96.7 Å². The van der Waals surface area contributed by atoms with Crippen LogP contribution >= 0.6 is 0 Å². The minimum absolute atomic E-state index is 0.811. The lowest BCUT2D eigenvalue weighted by Crippen LogP contribution is -2.44. The molecule has 0 aromatic carbocycles. The highest BCUT2D eigenvalue weighted by atomic mass is 15.2. The first-order chi connectivity index (χ1) is 7.93. The molecule has 1 aliphatic heterocycles. The molecule has 0 spiro atoms. The summed E-state index contributed by atoms with van der Waals surface area (Å²) >= 11 is 0. The normalized spacial score (nSPS) is 22.5. The Hall–Kier alpha value is -0.870. The van der Waals surface area contributed by atoms with Gasteiger partial charge in [-0.15, -0.1) is 0 Å². The standard InChI is InChI=1S/C12H20N4/c1-2-11(1)12-9-14-10-16(12)8-7-15-5-3-13-4-6-15/h9-11,13H,1-8H2. The maximum absolute atomic E-state index is 4.28. The molecule has 1 aromatic rings. The van der Waals surface area contributed by atoms with Crippen molar-refractivity contribution >= 4 is 0 Å². The van der Waals surface area contributed by atoms with Crippen LogP contribution in [0.3, 0.4) is 0 Å². The lowest BCUT2D eigenvalue weighted by Gasteiger charge is -2.27. The van der Waals surface area contributed by atoms with Crippen LogP contribution in [0, 0.1) is 0 Å². The van der Waals surface area contributed by atoms with E-state index in [-0.39, 0.29) is 0 Å². The number of aromatic nitrogens is 2. The zero-order valence-corrected chi connectivity index (χ0v) is 9.73. The molecule has 2 fully saturated rings. The largest absolute Gasteiger partial charge is 0.333 e. The summed E-state index contributed by atoms with van der Waals surface area (Å²) in [6, 6.07) is 0. The lowest BCUT2D eigenvalue weighted by atomic mass is 10.3. The van der Waals surface area contributed by atoms with Crippen molar-refractivity contribution in [2.75, 3.05) is 32.7 Å². The van der Waals surface area contributed by atoms with Crippen LogP contribution in [0.25, 0.3) is 0 Å². The summed E-state index contributed by atoms with van der Waals surface area (Å²) in [6.07, 6.45) is 6.77. The fraction of sp³-hybridized carbons (Fsp3) is 0.750. The van der Waals surface area contributed by atoms with E-state index in [1.165, 1.54) is 31.6 Å². The topological polar surface area (TPSA) is 33.1 Å². The molecule has 0 bridgehead atoms. The molecule has 16 heavy (non-hydrogen) atoms. The van der Waals surface area contributed by atoms with Gasteiger partial charge in [-0.05, 0) is 12.8 Å². The zero-order valence-electron chi connectivity index (χ0n) is 9.73. The minimum Gasteiger partial charge on any atom is -0.333 e. The number of rotatable bonds is 4. The number of hydrogen-bond acceptors (Lipinski definition) is 3. The maximum Gasteiger partial charge on any atom is 0.0948 e. The Bertz CT molecular complexity index is 337. The van der Waals surface area contributed by atoms with Crippen LogP contribution < -0.4 is 5.32 Å². The smallest absolute Gasteiger partial charge is 0.0948 e. The van der Waals surface area contributed by atoms with Crippen LogP contribution in [-0.4, -0.2) is 47.2 Å². The van der Waals surface area contributed by atoms with Crippen LogP contribution in [0.4, 0.5) is 0 Å². The summed E-state index contributed by atoms with van der Waals surface area (Å²) in [5.41, 5.74) is 1.45. The first-order valence-corrected chi connectivity index (χ1v) is 6.36. The molecule has 0 unspecified atom stereocenters. The number of piperazine rings is 1. The Balaban J connectivity index is 1.54. The van der Waals surface area contributed by atoms with Crippen LogP contribution in [-0.2, 0) is 6.54 Å². The molecule has 2 heterocycles. The summed E-state index contributed by atoms with van der Waals surface area (Å²) in [5, 5.41) is 3.39. The summed E-state index contributed by atoms with van der Waals surface area (Å²) in [7, 11) is 0. The van der Waals surface area contributed by atoms with Crippen molar-refractivity contribution in [3.63, 3.8) is 0 Å². The van der Waals surface area contributed by atoms with Gasteiger partial charge in [0.05, 0.1) is 6.33 Å². The van der Waals surface area contributed by atoms with Crippen LogP contribution in [0.5, 0.6) is 0 Å². The highest BCUT2D eigenvalue weighted by molar-refractivity contribution is 5.12. The second kappa shape index (κ2) is 4.55. The van der Waals surface area contributed by atoms with E-state index in [1.54, 1.807) is 0 Å². The van der Waals surface area contributed by atoms with E-state index in [1.807, 2.05) is 6.33 Å². The average Bonchev–Trinajstić information content (AvgIpc) is 3.07. The van der Waals surface area contributed by atoms with Crippen LogP contribution in [0.1, 0.15) is 24.5 Å². The third kappa shape index (κ3) is 2.28. The van der Waals surface area contributed by atoms with Gasteiger partial charge in [-0.2, -0.15) is 0 Å². The fourth-order valence-electron chi connectivity index (χ4n) is 2.42. The van der Waals surface area contributed by atoms with Crippen molar-refractivity contribution in [1.29, 1.82) is 0 Å². The predicted octanol–water partition coefficient (Wildman–Crippen LogP) is 0.666. The molecule has 3 rings (SSSR count). The van der Waals surface area contributed by atoms with Crippen molar-refractivity contribution < 1.29 is 0 Å². The number of nitrogens with one attached hydrogen (secondary N) is 1.